The predicted octanol–water partition coefficient (Wildman–Crippen LogP) is 6.23. The molecule has 3 aliphatic heterocycles. The number of hydroxylamine groups is 2. The van der Waals surface area contributed by atoms with Gasteiger partial charge in [-0.05, 0) is 78.8 Å². The van der Waals surface area contributed by atoms with Crippen molar-refractivity contribution in [1.29, 1.82) is 0 Å². The number of hydrogen-bond donors (Lipinski definition) is 1. The Morgan fingerprint density at radius 3 is 2.41 bits per heavy atom. The molecule has 1 aromatic rings. The Morgan fingerprint density at radius 2 is 1.76 bits per heavy atom. The molecule has 0 radical (unpaired) electrons. The van der Waals surface area contributed by atoms with Gasteiger partial charge in [-0.1, -0.05) is 47.1 Å². The van der Waals surface area contributed by atoms with E-state index in [2.05, 4.69) is 61.4 Å². The molecule has 54 heavy (non-hydrogen) atoms. The highest BCUT2D eigenvalue weighted by atomic mass is 32.2. The number of amides is 2. The molecule has 0 unspecified atom stereocenters. The maximum atomic E-state index is 12.3. The van der Waals surface area contributed by atoms with Crippen LogP contribution in [0.5, 0.6) is 0 Å². The Hall–Kier alpha value is -4.59. The molecule has 0 bridgehead atoms. The largest absolute Gasteiger partial charge is 0.456 e. The van der Waals surface area contributed by atoms with Gasteiger partial charge in [-0.2, -0.15) is 8.42 Å². The van der Waals surface area contributed by atoms with Crippen molar-refractivity contribution in [3.63, 3.8) is 0 Å². The van der Waals surface area contributed by atoms with Crippen LogP contribution in [0.1, 0.15) is 97.0 Å². The molecule has 2 amide bonds. The molecular weight excluding hydrogens is 711 g/mol. The minimum Gasteiger partial charge on any atom is -0.456 e. The third-order valence-corrected chi connectivity index (χ3v) is 10.9. The fraction of sp³-hybridized carbons (Fsp3) is 0.463. The number of carbonyl (C=O) groups excluding carboxylic acids is 3. The summed E-state index contributed by atoms with van der Waals surface area (Å²) in [4.78, 5) is 42.9. The maximum Gasteiger partial charge on any atom is 0.333 e. The van der Waals surface area contributed by atoms with E-state index in [0.29, 0.717) is 43.2 Å². The van der Waals surface area contributed by atoms with E-state index in [4.69, 9.17) is 14.0 Å². The van der Waals surface area contributed by atoms with Gasteiger partial charge in [0.25, 0.3) is 21.9 Å². The number of hydrogen-bond acceptors (Lipinski definition) is 9. The zero-order valence-electron chi connectivity index (χ0n) is 32.3. The smallest absolute Gasteiger partial charge is 0.333 e. The van der Waals surface area contributed by atoms with Crippen molar-refractivity contribution in [3.05, 3.63) is 82.6 Å². The standard InChI is InChI=1S/C41H51N3O9S/c1-8-42(23-24-51-7)28-16-18-31-32(40(2,3)4)26-29(52-35(31)25-28)13-12-14-36-41(5,6)33-27-30(54(48,49)50)17-19-34(33)43(36)22-11-9-10-15-39(47)53-44-37(45)20-21-38(44)46/h12-14,16-19,25-27H,8-11,15,20-24H2,1-7H3/p+1. The molecule has 1 aromatic carbocycles. The van der Waals surface area contributed by atoms with Gasteiger partial charge in [-0.3, -0.25) is 14.1 Å². The number of imide groups is 1. The second kappa shape index (κ2) is 16.4. The van der Waals surface area contributed by atoms with Crippen LogP contribution in [0.3, 0.4) is 0 Å². The van der Waals surface area contributed by atoms with Crippen molar-refractivity contribution in [1.82, 2.24) is 9.64 Å². The number of benzene rings is 2. The van der Waals surface area contributed by atoms with E-state index >= 15 is 0 Å². The highest BCUT2D eigenvalue weighted by molar-refractivity contribution is 7.85. The van der Waals surface area contributed by atoms with Crippen LogP contribution in [-0.2, 0) is 44.9 Å². The van der Waals surface area contributed by atoms with Crippen molar-refractivity contribution in [2.75, 3.05) is 38.3 Å². The molecule has 13 heteroatoms. The minimum absolute atomic E-state index is 0.0416. The van der Waals surface area contributed by atoms with Crippen molar-refractivity contribution in [2.45, 2.75) is 95.8 Å². The van der Waals surface area contributed by atoms with Crippen molar-refractivity contribution in [2.24, 2.45) is 0 Å². The summed E-state index contributed by atoms with van der Waals surface area (Å²) in [7, 11) is -2.73. The van der Waals surface area contributed by atoms with E-state index < -0.39 is 33.3 Å². The third-order valence-electron chi connectivity index (χ3n) is 10.0. The number of anilines is 1. The molecule has 3 heterocycles. The van der Waals surface area contributed by atoms with Gasteiger partial charge in [-0.15, -0.1) is 5.06 Å². The fourth-order valence-electron chi connectivity index (χ4n) is 7.08. The van der Waals surface area contributed by atoms with Gasteiger partial charge in [0, 0.05) is 61.3 Å². The first-order valence-electron chi connectivity index (χ1n) is 18.5. The van der Waals surface area contributed by atoms with Crippen molar-refractivity contribution >= 4 is 39.7 Å². The summed E-state index contributed by atoms with van der Waals surface area (Å²) in [5, 5.41) is 1.61. The SMILES string of the molecule is CC[N+](CCOC)=c1ccc2c(C(C)(C)C)cc(/C=C/C=C3/N(CCCCCC(=O)ON4C(=O)CCC4=O)c4ccc(S(=O)(=O)O)cc4C3(C)C)oc-2c1. The lowest BCUT2D eigenvalue weighted by atomic mass is 9.82. The van der Waals surface area contributed by atoms with E-state index in [9.17, 15) is 27.4 Å². The average molecular weight is 763 g/mol. The molecular formula is C41H52N3O9S+. The summed E-state index contributed by atoms with van der Waals surface area (Å²) in [5.74, 6) is -0.195. The number of ether oxygens (including phenoxy) is 1. The molecule has 4 aliphatic rings. The van der Waals surface area contributed by atoms with Gasteiger partial charge in [-0.25, -0.2) is 9.37 Å². The summed E-state index contributed by atoms with van der Waals surface area (Å²) >= 11 is 0. The highest BCUT2D eigenvalue weighted by Gasteiger charge is 2.40. The number of likely N-dealkylation sites (N-methyl/N-ethyl adjacent to an activating group) is 1. The lowest BCUT2D eigenvalue weighted by Crippen LogP contribution is -2.32. The van der Waals surface area contributed by atoms with E-state index in [0.717, 1.165) is 52.3 Å². The summed E-state index contributed by atoms with van der Waals surface area (Å²) in [6, 6.07) is 13.0. The van der Waals surface area contributed by atoms with Gasteiger partial charge in [0.1, 0.15) is 24.7 Å². The summed E-state index contributed by atoms with van der Waals surface area (Å²) in [6.45, 7) is 15.4. The number of unbranched alkanes of at least 4 members (excludes halogenated alkanes) is 2. The van der Waals surface area contributed by atoms with Gasteiger partial charge in [0.2, 0.25) is 5.36 Å². The second-order valence-corrected chi connectivity index (χ2v) is 16.7. The Labute approximate surface area is 317 Å². The van der Waals surface area contributed by atoms with Gasteiger partial charge < -0.3 is 18.9 Å². The maximum absolute atomic E-state index is 12.3. The van der Waals surface area contributed by atoms with Crippen LogP contribution in [0.25, 0.3) is 17.4 Å². The predicted molar refractivity (Wildman–Crippen MR) is 206 cm³/mol. The van der Waals surface area contributed by atoms with E-state index in [1.807, 2.05) is 32.1 Å². The molecule has 0 aromatic heterocycles. The van der Waals surface area contributed by atoms with Crippen LogP contribution in [0.15, 0.2) is 69.6 Å². The number of rotatable bonds is 14. The van der Waals surface area contributed by atoms with Crippen LogP contribution in [0, 0.1) is 0 Å². The first-order valence-corrected chi connectivity index (χ1v) is 19.9. The molecule has 12 nitrogen and oxygen atoms in total. The van der Waals surface area contributed by atoms with E-state index in [-0.39, 0.29) is 29.6 Å². The zero-order valence-corrected chi connectivity index (χ0v) is 33.1. The highest BCUT2D eigenvalue weighted by Crippen LogP contribution is 2.48. The number of fused-ring (bicyclic) bond motifs is 2. The molecule has 1 aliphatic carbocycles. The quantitative estimate of drug-likeness (QED) is 0.0868. The molecule has 290 valence electrons. The van der Waals surface area contributed by atoms with Crippen LogP contribution in [0.2, 0.25) is 0 Å². The number of methoxy groups -OCH3 is 1. The van der Waals surface area contributed by atoms with Crippen LogP contribution >= 0.6 is 0 Å². The van der Waals surface area contributed by atoms with E-state index in [1.54, 1.807) is 13.2 Å². The normalized spacial score (nSPS) is 17.3. The Bertz CT molecular complexity index is 2110. The van der Waals surface area contributed by atoms with E-state index in [1.165, 1.54) is 12.1 Å². The molecule has 1 fully saturated rings. The Kier molecular flexibility index (Phi) is 12.3. The Balaban J connectivity index is 1.43. The van der Waals surface area contributed by atoms with Crippen molar-refractivity contribution in [3.8, 4) is 11.3 Å². The monoisotopic (exact) mass is 762 g/mol. The number of nitrogens with zero attached hydrogens (tertiary/aromatic N) is 3. The molecule has 0 saturated carbocycles. The van der Waals surface area contributed by atoms with Crippen LogP contribution < -0.4 is 14.8 Å². The lowest BCUT2D eigenvalue weighted by Gasteiger charge is -2.27. The molecule has 5 rings (SSSR count). The second-order valence-electron chi connectivity index (χ2n) is 15.3. The zero-order chi connectivity index (χ0) is 39.4. The fourth-order valence-corrected chi connectivity index (χ4v) is 7.58. The minimum atomic E-state index is -4.42. The Morgan fingerprint density at radius 1 is 1.04 bits per heavy atom. The topological polar surface area (TPSA) is 147 Å². The van der Waals surface area contributed by atoms with Crippen LogP contribution in [-0.4, -0.2) is 69.2 Å². The van der Waals surface area contributed by atoms with Gasteiger partial charge in [0.05, 0.1) is 11.0 Å². The van der Waals surface area contributed by atoms with Gasteiger partial charge >= 0.3 is 5.97 Å². The first kappa shape index (κ1) is 40.6. The number of allylic oxidation sites excluding steroid dienone is 3. The molecule has 0 atom stereocenters. The molecule has 1 saturated heterocycles. The third kappa shape index (κ3) is 9.02. The van der Waals surface area contributed by atoms with Gasteiger partial charge in [0.15, 0.2) is 6.54 Å². The molecule has 0 spiro atoms. The molecule has 1 N–H and O–H groups in total. The first-order chi connectivity index (χ1) is 25.4. The average Bonchev–Trinajstić information content (AvgIpc) is 3.53. The number of carbonyl (C=O) groups is 3. The van der Waals surface area contributed by atoms with Crippen molar-refractivity contribution < 1.29 is 41.3 Å². The summed E-state index contributed by atoms with van der Waals surface area (Å²) in [6.07, 6.45) is 7.84. The lowest BCUT2D eigenvalue weighted by molar-refractivity contribution is -0.197. The summed E-state index contributed by atoms with van der Waals surface area (Å²) in [5.41, 5.74) is 3.91. The van der Waals surface area contributed by atoms with Crippen LogP contribution in [0.4, 0.5) is 5.69 Å². The summed E-state index contributed by atoms with van der Waals surface area (Å²) < 4.78 is 48.1.